The van der Waals surface area contributed by atoms with E-state index < -0.39 is 5.60 Å². The van der Waals surface area contributed by atoms with Crippen LogP contribution >= 0.6 is 11.3 Å². The summed E-state index contributed by atoms with van der Waals surface area (Å²) in [5, 5.41) is 15.4. The molecule has 0 saturated heterocycles. The lowest BCUT2D eigenvalue weighted by atomic mass is 9.80. The van der Waals surface area contributed by atoms with E-state index in [1.165, 1.54) is 4.70 Å². The molecule has 0 radical (unpaired) electrons. The minimum absolute atomic E-state index is 0.479. The van der Waals surface area contributed by atoms with Crippen LogP contribution in [0.2, 0.25) is 0 Å². The summed E-state index contributed by atoms with van der Waals surface area (Å²) in [6.07, 6.45) is 4.78. The lowest BCUT2D eigenvalue weighted by molar-refractivity contribution is -0.0201. The molecule has 0 atom stereocenters. The SMILES string of the molecule is OC1(CNc2ccnc3ccsc23)CCC1. The summed E-state index contributed by atoms with van der Waals surface area (Å²) in [6, 6.07) is 3.99. The van der Waals surface area contributed by atoms with Crippen LogP contribution in [-0.2, 0) is 0 Å². The van der Waals surface area contributed by atoms with E-state index in [-0.39, 0.29) is 0 Å². The second-order valence-corrected chi connectivity index (χ2v) is 5.34. The van der Waals surface area contributed by atoms with Gasteiger partial charge in [0.15, 0.2) is 0 Å². The predicted octanol–water partition coefficient (Wildman–Crippen LogP) is 2.62. The number of anilines is 1. The van der Waals surface area contributed by atoms with Crippen molar-refractivity contribution in [3.8, 4) is 0 Å². The third-order valence-electron chi connectivity index (χ3n) is 3.24. The fourth-order valence-electron chi connectivity index (χ4n) is 2.03. The van der Waals surface area contributed by atoms with Gasteiger partial charge in [0.1, 0.15) is 0 Å². The number of pyridine rings is 1. The smallest absolute Gasteiger partial charge is 0.0830 e. The van der Waals surface area contributed by atoms with Crippen LogP contribution in [0.1, 0.15) is 19.3 Å². The highest BCUT2D eigenvalue weighted by atomic mass is 32.1. The fraction of sp³-hybridized carbons (Fsp3) is 0.417. The molecular weight excluding hydrogens is 220 g/mol. The van der Waals surface area contributed by atoms with E-state index in [1.54, 1.807) is 11.3 Å². The van der Waals surface area contributed by atoms with Gasteiger partial charge in [-0.3, -0.25) is 4.98 Å². The van der Waals surface area contributed by atoms with Gasteiger partial charge < -0.3 is 10.4 Å². The lowest BCUT2D eigenvalue weighted by Gasteiger charge is -2.36. The van der Waals surface area contributed by atoms with Crippen molar-refractivity contribution in [3.63, 3.8) is 0 Å². The zero-order valence-corrected chi connectivity index (χ0v) is 9.76. The van der Waals surface area contributed by atoms with E-state index in [0.717, 1.165) is 30.5 Å². The molecule has 1 saturated carbocycles. The maximum Gasteiger partial charge on any atom is 0.0830 e. The Morgan fingerprint density at radius 3 is 3.06 bits per heavy atom. The summed E-state index contributed by atoms with van der Waals surface area (Å²) >= 11 is 1.68. The van der Waals surface area contributed by atoms with Crippen molar-refractivity contribution in [2.24, 2.45) is 0 Å². The lowest BCUT2D eigenvalue weighted by Crippen LogP contribution is -2.43. The number of nitrogens with zero attached hydrogens (tertiary/aromatic N) is 1. The van der Waals surface area contributed by atoms with E-state index in [0.29, 0.717) is 6.54 Å². The van der Waals surface area contributed by atoms with E-state index in [4.69, 9.17) is 0 Å². The highest BCUT2D eigenvalue weighted by Crippen LogP contribution is 2.33. The molecular formula is C12H14N2OS. The summed E-state index contributed by atoms with van der Waals surface area (Å²) in [5.41, 5.74) is 1.63. The van der Waals surface area contributed by atoms with E-state index >= 15 is 0 Å². The van der Waals surface area contributed by atoms with Crippen molar-refractivity contribution in [3.05, 3.63) is 23.7 Å². The maximum absolute atomic E-state index is 10.0. The topological polar surface area (TPSA) is 45.1 Å². The van der Waals surface area contributed by atoms with Gasteiger partial charge in [0, 0.05) is 12.7 Å². The molecule has 0 spiro atoms. The van der Waals surface area contributed by atoms with Crippen molar-refractivity contribution in [2.45, 2.75) is 24.9 Å². The first-order valence-corrected chi connectivity index (χ1v) is 6.43. The number of thiophene rings is 1. The number of fused-ring (bicyclic) bond motifs is 1. The molecule has 1 fully saturated rings. The number of hydrogen-bond donors (Lipinski definition) is 2. The van der Waals surface area contributed by atoms with Gasteiger partial charge in [0.2, 0.25) is 0 Å². The van der Waals surface area contributed by atoms with Gasteiger partial charge in [-0.1, -0.05) is 0 Å². The Morgan fingerprint density at radius 1 is 1.44 bits per heavy atom. The Morgan fingerprint density at radius 2 is 2.31 bits per heavy atom. The molecule has 2 aromatic heterocycles. The third kappa shape index (κ3) is 1.68. The molecule has 2 aromatic rings. The van der Waals surface area contributed by atoms with Crippen LogP contribution < -0.4 is 5.32 Å². The van der Waals surface area contributed by atoms with Crippen molar-refractivity contribution in [2.75, 3.05) is 11.9 Å². The Balaban J connectivity index is 1.81. The molecule has 1 aliphatic rings. The minimum Gasteiger partial charge on any atom is -0.388 e. The summed E-state index contributed by atoms with van der Waals surface area (Å²) < 4.78 is 1.17. The molecule has 0 unspecified atom stereocenters. The van der Waals surface area contributed by atoms with Crippen LogP contribution in [0.25, 0.3) is 10.2 Å². The number of hydrogen-bond acceptors (Lipinski definition) is 4. The molecule has 2 heterocycles. The molecule has 3 rings (SSSR count). The molecule has 0 bridgehead atoms. The second kappa shape index (κ2) is 3.71. The van der Waals surface area contributed by atoms with Crippen LogP contribution in [0.3, 0.4) is 0 Å². The van der Waals surface area contributed by atoms with Crippen LogP contribution in [0.15, 0.2) is 23.7 Å². The number of aromatic nitrogens is 1. The van der Waals surface area contributed by atoms with Gasteiger partial charge in [-0.2, -0.15) is 0 Å². The van der Waals surface area contributed by atoms with Gasteiger partial charge in [0.25, 0.3) is 0 Å². The normalized spacial score (nSPS) is 18.3. The third-order valence-corrected chi connectivity index (χ3v) is 4.17. The van der Waals surface area contributed by atoms with Gasteiger partial charge in [-0.05, 0) is 36.8 Å². The van der Waals surface area contributed by atoms with Crippen LogP contribution in [0.5, 0.6) is 0 Å². The van der Waals surface area contributed by atoms with E-state index in [1.807, 2.05) is 23.7 Å². The van der Waals surface area contributed by atoms with Crippen molar-refractivity contribution >= 4 is 27.2 Å². The Bertz CT molecular complexity index is 504. The standard InChI is InChI=1S/C12H14N2OS/c15-12(4-1-5-12)8-14-9-2-6-13-10-3-7-16-11(9)10/h2-3,6-7,15H,1,4-5,8H2,(H,13,14). The Hall–Kier alpha value is -1.13. The summed E-state index contributed by atoms with van der Waals surface area (Å²) in [7, 11) is 0. The second-order valence-electron chi connectivity index (χ2n) is 4.42. The maximum atomic E-state index is 10.0. The average Bonchev–Trinajstić information content (AvgIpc) is 2.72. The first kappa shape index (κ1) is 10.1. The van der Waals surface area contributed by atoms with E-state index in [2.05, 4.69) is 10.3 Å². The zero-order chi connectivity index (χ0) is 11.0. The van der Waals surface area contributed by atoms with Crippen LogP contribution in [0, 0.1) is 0 Å². The molecule has 16 heavy (non-hydrogen) atoms. The van der Waals surface area contributed by atoms with Crippen molar-refractivity contribution < 1.29 is 5.11 Å². The number of nitrogens with one attached hydrogen (secondary N) is 1. The Labute approximate surface area is 98.1 Å². The van der Waals surface area contributed by atoms with Crippen molar-refractivity contribution in [1.29, 1.82) is 0 Å². The zero-order valence-electron chi connectivity index (χ0n) is 8.94. The van der Waals surface area contributed by atoms with Crippen LogP contribution in [-0.4, -0.2) is 22.2 Å². The molecule has 84 valence electrons. The minimum atomic E-state index is -0.479. The number of aliphatic hydroxyl groups is 1. The molecule has 4 heteroatoms. The molecule has 0 aliphatic heterocycles. The van der Waals surface area contributed by atoms with Gasteiger partial charge in [0.05, 0.1) is 21.5 Å². The molecule has 3 nitrogen and oxygen atoms in total. The molecule has 1 aliphatic carbocycles. The molecule has 0 amide bonds. The molecule has 0 aromatic carbocycles. The first-order valence-electron chi connectivity index (χ1n) is 5.55. The van der Waals surface area contributed by atoms with E-state index in [9.17, 15) is 5.11 Å². The largest absolute Gasteiger partial charge is 0.388 e. The van der Waals surface area contributed by atoms with Gasteiger partial charge in [-0.15, -0.1) is 11.3 Å². The average molecular weight is 234 g/mol. The first-order chi connectivity index (χ1) is 7.77. The van der Waals surface area contributed by atoms with Gasteiger partial charge in [-0.25, -0.2) is 0 Å². The predicted molar refractivity (Wildman–Crippen MR) is 66.9 cm³/mol. The van der Waals surface area contributed by atoms with Gasteiger partial charge >= 0.3 is 0 Å². The monoisotopic (exact) mass is 234 g/mol. The highest BCUT2D eigenvalue weighted by Gasteiger charge is 2.33. The summed E-state index contributed by atoms with van der Waals surface area (Å²) in [4.78, 5) is 4.29. The summed E-state index contributed by atoms with van der Waals surface area (Å²) in [6.45, 7) is 0.643. The van der Waals surface area contributed by atoms with Crippen LogP contribution in [0.4, 0.5) is 5.69 Å². The quantitative estimate of drug-likeness (QED) is 0.858. The number of rotatable bonds is 3. The Kier molecular flexibility index (Phi) is 2.33. The summed E-state index contributed by atoms with van der Waals surface area (Å²) in [5.74, 6) is 0. The fourth-order valence-corrected chi connectivity index (χ4v) is 2.88. The van der Waals surface area contributed by atoms with Crippen molar-refractivity contribution in [1.82, 2.24) is 4.98 Å². The highest BCUT2D eigenvalue weighted by molar-refractivity contribution is 7.17. The molecule has 2 N–H and O–H groups in total.